The highest BCUT2D eigenvalue weighted by Crippen LogP contribution is 2.20. The topological polar surface area (TPSA) is 74.9 Å². The monoisotopic (exact) mass is 469 g/mol. The van der Waals surface area contributed by atoms with Gasteiger partial charge in [-0.15, -0.1) is 37.2 Å². The zero-order chi connectivity index (χ0) is 18.4. The molecule has 1 aromatic heterocycles. The maximum absolute atomic E-state index is 12.4. The number of likely N-dealkylation sites (tertiary alicyclic amines) is 1. The number of methoxy groups -OCH3 is 1. The molecule has 7 nitrogen and oxygen atoms in total. The van der Waals surface area contributed by atoms with Crippen LogP contribution in [0.4, 0.5) is 5.82 Å². The molecule has 2 saturated heterocycles. The smallest absolute Gasteiger partial charge is 0.241 e. The van der Waals surface area contributed by atoms with Gasteiger partial charge in [0.1, 0.15) is 11.9 Å². The summed E-state index contributed by atoms with van der Waals surface area (Å²) in [4.78, 5) is 23.7. The summed E-state index contributed by atoms with van der Waals surface area (Å²) in [5, 5.41) is 0. The summed E-state index contributed by atoms with van der Waals surface area (Å²) in [5.41, 5.74) is 5.92. The van der Waals surface area contributed by atoms with Crippen LogP contribution >= 0.6 is 37.2 Å². The molecule has 0 spiro atoms. The van der Waals surface area contributed by atoms with Crippen molar-refractivity contribution in [1.29, 1.82) is 0 Å². The molecule has 0 aromatic carbocycles. The molecular weight excluding hydrogens is 437 g/mol. The summed E-state index contributed by atoms with van der Waals surface area (Å²) in [7, 11) is 1.58. The van der Waals surface area contributed by atoms with Gasteiger partial charge in [-0.05, 0) is 30.9 Å². The lowest BCUT2D eigenvalue weighted by Crippen LogP contribution is -2.53. The van der Waals surface area contributed by atoms with Crippen molar-refractivity contribution in [1.82, 2.24) is 14.8 Å². The van der Waals surface area contributed by atoms with Gasteiger partial charge in [-0.2, -0.15) is 0 Å². The van der Waals surface area contributed by atoms with E-state index < -0.39 is 6.04 Å². The zero-order valence-corrected chi connectivity index (χ0v) is 19.4. The average Bonchev–Trinajstić information content (AvgIpc) is 2.69. The van der Waals surface area contributed by atoms with E-state index in [0.717, 1.165) is 58.1 Å². The molecule has 2 unspecified atom stereocenters. The van der Waals surface area contributed by atoms with E-state index in [1.807, 2.05) is 23.2 Å². The van der Waals surface area contributed by atoms with Crippen molar-refractivity contribution in [2.24, 2.45) is 11.7 Å². The minimum absolute atomic E-state index is 0. The van der Waals surface area contributed by atoms with Crippen LogP contribution in [0.1, 0.15) is 12.8 Å². The van der Waals surface area contributed by atoms with Gasteiger partial charge in [-0.1, -0.05) is 6.07 Å². The number of hydrogen-bond donors (Lipinski definition) is 1. The predicted molar refractivity (Wildman–Crippen MR) is 124 cm³/mol. The molecule has 3 rings (SSSR count). The fourth-order valence-electron chi connectivity index (χ4n) is 3.97. The largest absolute Gasteiger partial charge is 0.383 e. The van der Waals surface area contributed by atoms with E-state index in [9.17, 15) is 4.79 Å². The molecule has 0 aliphatic carbocycles. The number of pyridine rings is 1. The number of anilines is 1. The standard InChI is InChI=1S/C19H31N5O2.3ClH/c1-26-15-17(20)19(25)24-8-4-5-16(14-24)13-22-9-11-23(12-10-22)18-6-2-3-7-21-18;;;/h2-3,6-7,16-17H,4-5,8-15,20H2,1H3;3*1H. The van der Waals surface area contributed by atoms with Crippen LogP contribution in [0.15, 0.2) is 24.4 Å². The second-order valence-corrected chi connectivity index (χ2v) is 7.33. The molecule has 2 N–H and O–H groups in total. The van der Waals surface area contributed by atoms with E-state index in [2.05, 4.69) is 20.9 Å². The van der Waals surface area contributed by atoms with Gasteiger partial charge in [-0.25, -0.2) is 4.98 Å². The number of hydrogen-bond acceptors (Lipinski definition) is 6. The third-order valence-corrected chi connectivity index (χ3v) is 5.36. The molecule has 2 fully saturated rings. The highest BCUT2D eigenvalue weighted by Gasteiger charge is 2.29. The number of piperidine rings is 1. The third kappa shape index (κ3) is 8.07. The number of nitrogens with two attached hydrogens (primary N) is 1. The Morgan fingerprint density at radius 1 is 1.21 bits per heavy atom. The molecule has 1 amide bonds. The van der Waals surface area contributed by atoms with Gasteiger partial charge in [0.2, 0.25) is 5.91 Å². The summed E-state index contributed by atoms with van der Waals surface area (Å²) >= 11 is 0. The number of carbonyl (C=O) groups is 1. The molecule has 10 heteroatoms. The first-order valence-corrected chi connectivity index (χ1v) is 9.59. The first kappa shape index (κ1) is 28.2. The highest BCUT2D eigenvalue weighted by atomic mass is 35.5. The van der Waals surface area contributed by atoms with Crippen molar-refractivity contribution in [2.75, 3.05) is 64.4 Å². The van der Waals surface area contributed by atoms with Crippen molar-refractivity contribution in [3.05, 3.63) is 24.4 Å². The normalized spacial score (nSPS) is 20.7. The van der Waals surface area contributed by atoms with Crippen LogP contribution in [0.25, 0.3) is 0 Å². The Kier molecular flexibility index (Phi) is 13.8. The van der Waals surface area contributed by atoms with Gasteiger partial charge in [-0.3, -0.25) is 9.69 Å². The summed E-state index contributed by atoms with van der Waals surface area (Å²) in [6.07, 6.45) is 4.09. The SMILES string of the molecule is COCC(N)C(=O)N1CCCC(CN2CCN(c3ccccn3)CC2)C1.Cl.Cl.Cl. The van der Waals surface area contributed by atoms with E-state index in [4.69, 9.17) is 10.5 Å². The summed E-state index contributed by atoms with van der Waals surface area (Å²) < 4.78 is 5.02. The Bertz CT molecular complexity index is 576. The number of ether oxygens (including phenoxy) is 1. The van der Waals surface area contributed by atoms with Crippen LogP contribution in [0.5, 0.6) is 0 Å². The summed E-state index contributed by atoms with van der Waals surface area (Å²) in [5.74, 6) is 1.62. The number of halogens is 3. The van der Waals surface area contributed by atoms with Crippen molar-refractivity contribution >= 4 is 48.9 Å². The number of carbonyl (C=O) groups excluding carboxylic acids is 1. The van der Waals surface area contributed by atoms with Crippen LogP contribution in [0.3, 0.4) is 0 Å². The Labute approximate surface area is 192 Å². The predicted octanol–water partition coefficient (Wildman–Crippen LogP) is 1.68. The van der Waals surface area contributed by atoms with Gasteiger partial charge in [0.25, 0.3) is 0 Å². The van der Waals surface area contributed by atoms with Gasteiger partial charge >= 0.3 is 0 Å². The van der Waals surface area contributed by atoms with Gasteiger partial charge < -0.3 is 20.3 Å². The number of aromatic nitrogens is 1. The maximum Gasteiger partial charge on any atom is 0.241 e. The minimum Gasteiger partial charge on any atom is -0.383 e. The third-order valence-electron chi connectivity index (χ3n) is 5.36. The molecule has 0 radical (unpaired) electrons. The van der Waals surface area contributed by atoms with E-state index in [1.54, 1.807) is 7.11 Å². The molecule has 3 heterocycles. The molecule has 2 aliphatic rings. The maximum atomic E-state index is 12.4. The van der Waals surface area contributed by atoms with Gasteiger partial charge in [0.05, 0.1) is 6.61 Å². The van der Waals surface area contributed by atoms with Crippen LogP contribution in [0, 0.1) is 5.92 Å². The fourth-order valence-corrected chi connectivity index (χ4v) is 3.97. The lowest BCUT2D eigenvalue weighted by Gasteiger charge is -2.40. The van der Waals surface area contributed by atoms with Crippen LogP contribution in [-0.2, 0) is 9.53 Å². The summed E-state index contributed by atoms with van der Waals surface area (Å²) in [6.45, 7) is 7.08. The van der Waals surface area contributed by atoms with E-state index >= 15 is 0 Å². The van der Waals surface area contributed by atoms with Crippen molar-refractivity contribution in [3.63, 3.8) is 0 Å². The van der Waals surface area contributed by atoms with Crippen LogP contribution in [0.2, 0.25) is 0 Å². The van der Waals surface area contributed by atoms with Crippen molar-refractivity contribution in [3.8, 4) is 0 Å². The molecule has 29 heavy (non-hydrogen) atoms. The Morgan fingerprint density at radius 3 is 2.55 bits per heavy atom. The Balaban J connectivity index is 0.00000261. The van der Waals surface area contributed by atoms with E-state index in [-0.39, 0.29) is 49.7 Å². The molecule has 2 atom stereocenters. The second-order valence-electron chi connectivity index (χ2n) is 7.33. The van der Waals surface area contributed by atoms with Gasteiger partial charge in [0.15, 0.2) is 0 Å². The Morgan fingerprint density at radius 2 is 1.93 bits per heavy atom. The molecule has 0 saturated carbocycles. The first-order chi connectivity index (χ1) is 12.7. The van der Waals surface area contributed by atoms with Gasteiger partial charge in [0, 0.05) is 59.1 Å². The van der Waals surface area contributed by atoms with E-state index in [1.165, 1.54) is 6.42 Å². The number of rotatable bonds is 6. The van der Waals surface area contributed by atoms with E-state index in [0.29, 0.717) is 5.92 Å². The molecular formula is C19H34Cl3N5O2. The molecule has 2 aliphatic heterocycles. The number of nitrogens with zero attached hydrogens (tertiary/aromatic N) is 4. The number of amides is 1. The average molecular weight is 471 g/mol. The molecule has 1 aromatic rings. The quantitative estimate of drug-likeness (QED) is 0.682. The van der Waals surface area contributed by atoms with Crippen molar-refractivity contribution < 1.29 is 9.53 Å². The Hall–Kier alpha value is -0.830. The van der Waals surface area contributed by atoms with Crippen LogP contribution < -0.4 is 10.6 Å². The molecule has 0 bridgehead atoms. The minimum atomic E-state index is -0.541. The second kappa shape index (κ2) is 14.2. The summed E-state index contributed by atoms with van der Waals surface area (Å²) in [6, 6.07) is 5.52. The highest BCUT2D eigenvalue weighted by molar-refractivity contribution is 5.86. The first-order valence-electron chi connectivity index (χ1n) is 9.59. The van der Waals surface area contributed by atoms with Crippen LogP contribution in [-0.4, -0.2) is 86.3 Å². The lowest BCUT2D eigenvalue weighted by atomic mass is 9.96. The van der Waals surface area contributed by atoms with Crippen molar-refractivity contribution in [2.45, 2.75) is 18.9 Å². The number of piperazine rings is 1. The lowest BCUT2D eigenvalue weighted by molar-refractivity contribution is -0.135. The zero-order valence-electron chi connectivity index (χ0n) is 16.9. The fraction of sp³-hybridized carbons (Fsp3) is 0.684. The molecule has 168 valence electrons.